The molecule has 19 heavy (non-hydrogen) atoms. The van der Waals surface area contributed by atoms with Gasteiger partial charge in [0.15, 0.2) is 0 Å². The van der Waals surface area contributed by atoms with Crippen LogP contribution in [0.3, 0.4) is 0 Å². The highest BCUT2D eigenvalue weighted by molar-refractivity contribution is 5.93. The number of ether oxygens (including phenoxy) is 1. The molecule has 0 heterocycles. The summed E-state index contributed by atoms with van der Waals surface area (Å²) in [6.45, 7) is 2.73. The summed E-state index contributed by atoms with van der Waals surface area (Å²) in [7, 11) is 1.70. The van der Waals surface area contributed by atoms with E-state index in [0.29, 0.717) is 17.9 Å². The number of carbonyl (C=O) groups is 2. The fourth-order valence-electron chi connectivity index (χ4n) is 1.45. The summed E-state index contributed by atoms with van der Waals surface area (Å²) in [5.74, 6) is -0.456. The van der Waals surface area contributed by atoms with Gasteiger partial charge in [0, 0.05) is 5.69 Å². The second-order valence-electron chi connectivity index (χ2n) is 4.15. The molecule has 1 amide bonds. The molecular formula is C14H20N2O3. The van der Waals surface area contributed by atoms with E-state index in [0.717, 1.165) is 12.8 Å². The summed E-state index contributed by atoms with van der Waals surface area (Å²) in [5, 5.41) is 5.47. The number of hydrogen-bond acceptors (Lipinski definition) is 4. The second kappa shape index (κ2) is 8.26. The van der Waals surface area contributed by atoms with Gasteiger partial charge in [-0.3, -0.25) is 4.79 Å². The Bertz CT molecular complexity index is 415. The molecule has 0 radical (unpaired) electrons. The largest absolute Gasteiger partial charge is 0.462 e. The first-order valence-electron chi connectivity index (χ1n) is 6.39. The molecule has 1 aromatic rings. The van der Waals surface area contributed by atoms with Crippen molar-refractivity contribution in [2.75, 3.05) is 25.5 Å². The van der Waals surface area contributed by atoms with Crippen LogP contribution in [0.15, 0.2) is 24.3 Å². The minimum Gasteiger partial charge on any atom is -0.462 e. The minimum absolute atomic E-state index is 0.124. The van der Waals surface area contributed by atoms with E-state index in [9.17, 15) is 9.59 Å². The maximum absolute atomic E-state index is 11.6. The van der Waals surface area contributed by atoms with Gasteiger partial charge >= 0.3 is 5.97 Å². The number of rotatable bonds is 7. The van der Waals surface area contributed by atoms with Crippen molar-refractivity contribution < 1.29 is 14.3 Å². The number of esters is 1. The Morgan fingerprint density at radius 3 is 2.47 bits per heavy atom. The number of hydrogen-bond donors (Lipinski definition) is 2. The lowest BCUT2D eigenvalue weighted by molar-refractivity contribution is -0.115. The lowest BCUT2D eigenvalue weighted by Crippen LogP contribution is -2.25. The molecule has 5 nitrogen and oxygen atoms in total. The third-order valence-corrected chi connectivity index (χ3v) is 2.47. The molecule has 0 aliphatic carbocycles. The van der Waals surface area contributed by atoms with Crippen LogP contribution in [0.5, 0.6) is 0 Å². The zero-order chi connectivity index (χ0) is 14.1. The van der Waals surface area contributed by atoms with Crippen molar-refractivity contribution in [2.45, 2.75) is 19.8 Å². The average molecular weight is 264 g/mol. The maximum atomic E-state index is 11.6. The Balaban J connectivity index is 2.51. The van der Waals surface area contributed by atoms with E-state index in [1.807, 2.05) is 6.92 Å². The third-order valence-electron chi connectivity index (χ3n) is 2.47. The van der Waals surface area contributed by atoms with Crippen molar-refractivity contribution in [3.63, 3.8) is 0 Å². The number of nitrogens with one attached hydrogen (secondary N) is 2. The first-order chi connectivity index (χ1) is 9.17. The molecule has 1 rings (SSSR count). The molecule has 2 N–H and O–H groups in total. The molecule has 5 heteroatoms. The zero-order valence-corrected chi connectivity index (χ0v) is 11.4. The van der Waals surface area contributed by atoms with Crippen molar-refractivity contribution >= 4 is 17.6 Å². The smallest absolute Gasteiger partial charge is 0.338 e. The number of anilines is 1. The molecule has 0 aliphatic rings. The van der Waals surface area contributed by atoms with Gasteiger partial charge in [0.25, 0.3) is 0 Å². The van der Waals surface area contributed by atoms with Crippen molar-refractivity contribution in [3.05, 3.63) is 29.8 Å². The molecule has 0 spiro atoms. The Hall–Kier alpha value is -1.88. The average Bonchev–Trinajstić information content (AvgIpc) is 2.40. The molecule has 0 atom stereocenters. The monoisotopic (exact) mass is 264 g/mol. The molecule has 1 aromatic carbocycles. The second-order valence-corrected chi connectivity index (χ2v) is 4.15. The summed E-state index contributed by atoms with van der Waals surface area (Å²) in [6, 6.07) is 6.65. The van der Waals surface area contributed by atoms with Gasteiger partial charge in [-0.05, 0) is 37.7 Å². The Kier molecular flexibility index (Phi) is 6.60. The van der Waals surface area contributed by atoms with Crippen LogP contribution in [0.2, 0.25) is 0 Å². The van der Waals surface area contributed by atoms with Crippen LogP contribution < -0.4 is 10.6 Å². The van der Waals surface area contributed by atoms with Gasteiger partial charge in [0.1, 0.15) is 0 Å². The molecule has 0 saturated heterocycles. The quantitative estimate of drug-likeness (QED) is 0.582. The van der Waals surface area contributed by atoms with Crippen LogP contribution in [0.1, 0.15) is 30.1 Å². The van der Waals surface area contributed by atoms with E-state index in [-0.39, 0.29) is 18.4 Å². The first-order valence-corrected chi connectivity index (χ1v) is 6.39. The van der Waals surface area contributed by atoms with Crippen LogP contribution in [0.25, 0.3) is 0 Å². The molecule has 0 bridgehead atoms. The van der Waals surface area contributed by atoms with Gasteiger partial charge in [-0.2, -0.15) is 0 Å². The van der Waals surface area contributed by atoms with E-state index in [4.69, 9.17) is 4.74 Å². The van der Waals surface area contributed by atoms with Crippen molar-refractivity contribution in [2.24, 2.45) is 0 Å². The fraction of sp³-hybridized carbons (Fsp3) is 0.429. The summed E-state index contributed by atoms with van der Waals surface area (Å²) in [4.78, 5) is 23.0. The van der Waals surface area contributed by atoms with Gasteiger partial charge in [0.2, 0.25) is 5.91 Å². The normalized spacial score (nSPS) is 10.0. The van der Waals surface area contributed by atoms with Gasteiger partial charge in [-0.1, -0.05) is 13.3 Å². The molecule has 0 unspecified atom stereocenters. The highest BCUT2D eigenvalue weighted by Gasteiger charge is 2.07. The Labute approximate surface area is 113 Å². The molecule has 0 fully saturated rings. The third kappa shape index (κ3) is 5.52. The van der Waals surface area contributed by atoms with Crippen molar-refractivity contribution in [1.29, 1.82) is 0 Å². The van der Waals surface area contributed by atoms with Crippen LogP contribution in [-0.2, 0) is 9.53 Å². The number of carbonyl (C=O) groups excluding carboxylic acids is 2. The summed E-state index contributed by atoms with van der Waals surface area (Å²) in [6.07, 6.45) is 1.85. The minimum atomic E-state index is -0.332. The summed E-state index contributed by atoms with van der Waals surface area (Å²) < 4.78 is 5.09. The Morgan fingerprint density at radius 1 is 1.21 bits per heavy atom. The fourth-order valence-corrected chi connectivity index (χ4v) is 1.45. The van der Waals surface area contributed by atoms with Crippen molar-refractivity contribution in [3.8, 4) is 0 Å². The molecule has 0 aliphatic heterocycles. The standard InChI is InChI=1S/C14H20N2O3/c1-3-4-9-19-14(18)11-5-7-12(8-6-11)16-13(17)10-15-2/h5-8,15H,3-4,9-10H2,1-2H3,(H,16,17). The number of benzene rings is 1. The van der Waals surface area contributed by atoms with Crippen molar-refractivity contribution in [1.82, 2.24) is 5.32 Å². The van der Waals surface area contributed by atoms with E-state index in [2.05, 4.69) is 10.6 Å². The molecule has 104 valence electrons. The lowest BCUT2D eigenvalue weighted by Gasteiger charge is -2.06. The molecular weight excluding hydrogens is 244 g/mol. The van der Waals surface area contributed by atoms with Crippen LogP contribution in [0.4, 0.5) is 5.69 Å². The van der Waals surface area contributed by atoms with E-state index in [1.165, 1.54) is 0 Å². The predicted octanol–water partition coefficient (Wildman–Crippen LogP) is 1.80. The topological polar surface area (TPSA) is 67.4 Å². The lowest BCUT2D eigenvalue weighted by atomic mass is 10.2. The van der Waals surface area contributed by atoms with Gasteiger partial charge in [-0.25, -0.2) is 4.79 Å². The van der Waals surface area contributed by atoms with Gasteiger partial charge in [-0.15, -0.1) is 0 Å². The predicted molar refractivity (Wildman–Crippen MR) is 74.2 cm³/mol. The van der Waals surface area contributed by atoms with Crippen LogP contribution in [0, 0.1) is 0 Å². The van der Waals surface area contributed by atoms with Gasteiger partial charge in [0.05, 0.1) is 18.7 Å². The van der Waals surface area contributed by atoms with Gasteiger partial charge < -0.3 is 15.4 Å². The van der Waals surface area contributed by atoms with E-state index < -0.39 is 0 Å². The zero-order valence-electron chi connectivity index (χ0n) is 11.4. The maximum Gasteiger partial charge on any atom is 0.338 e. The number of likely N-dealkylation sites (N-methyl/N-ethyl adjacent to an activating group) is 1. The summed E-state index contributed by atoms with van der Waals surface area (Å²) in [5.41, 5.74) is 1.15. The molecule has 0 aromatic heterocycles. The van der Waals surface area contributed by atoms with Crippen LogP contribution in [-0.4, -0.2) is 32.1 Å². The summed E-state index contributed by atoms with van der Waals surface area (Å²) >= 11 is 0. The van der Waals surface area contributed by atoms with Crippen LogP contribution >= 0.6 is 0 Å². The number of unbranched alkanes of at least 4 members (excludes halogenated alkanes) is 1. The SMILES string of the molecule is CCCCOC(=O)c1ccc(NC(=O)CNC)cc1. The van der Waals surface area contributed by atoms with E-state index >= 15 is 0 Å². The highest BCUT2D eigenvalue weighted by atomic mass is 16.5. The number of amides is 1. The van der Waals surface area contributed by atoms with E-state index in [1.54, 1.807) is 31.3 Å². The first kappa shape index (κ1) is 15.2. The Morgan fingerprint density at radius 2 is 1.89 bits per heavy atom. The molecule has 0 saturated carbocycles. The highest BCUT2D eigenvalue weighted by Crippen LogP contribution is 2.10.